The standard InChI is InChI=1S/C25H34N2O4/c1-3-5-16-31-23-12-6-20(19-24(23)30-4-2)7-13-25(28)26-21-8-10-22(11-9-21)27-14-17-29-18-15-27/h6,8-12,19H,3-5,7,13-18H2,1-2H3,(H,26,28). The van der Waals surface area contributed by atoms with Crippen LogP contribution in [0, 0.1) is 0 Å². The number of ether oxygens (including phenoxy) is 3. The first-order valence-electron chi connectivity index (χ1n) is 11.3. The molecule has 1 amide bonds. The zero-order valence-corrected chi connectivity index (χ0v) is 18.7. The Morgan fingerprint density at radius 2 is 1.81 bits per heavy atom. The van der Waals surface area contributed by atoms with Gasteiger partial charge in [-0.05, 0) is 61.7 Å². The van der Waals surface area contributed by atoms with Crippen LogP contribution >= 0.6 is 0 Å². The zero-order valence-electron chi connectivity index (χ0n) is 18.7. The maximum absolute atomic E-state index is 12.4. The van der Waals surface area contributed by atoms with Gasteiger partial charge in [0.05, 0.1) is 26.4 Å². The van der Waals surface area contributed by atoms with E-state index in [0.29, 0.717) is 26.1 Å². The predicted octanol–water partition coefficient (Wildman–Crippen LogP) is 4.67. The highest BCUT2D eigenvalue weighted by Crippen LogP contribution is 2.29. The monoisotopic (exact) mass is 426 g/mol. The normalized spacial score (nSPS) is 13.7. The van der Waals surface area contributed by atoms with Gasteiger partial charge in [-0.25, -0.2) is 0 Å². The van der Waals surface area contributed by atoms with Crippen LogP contribution in [0.5, 0.6) is 11.5 Å². The van der Waals surface area contributed by atoms with E-state index in [1.807, 2.05) is 49.4 Å². The van der Waals surface area contributed by atoms with Gasteiger partial charge in [0.25, 0.3) is 0 Å². The molecule has 0 saturated carbocycles. The van der Waals surface area contributed by atoms with Crippen LogP contribution in [-0.4, -0.2) is 45.4 Å². The molecule has 0 aliphatic carbocycles. The molecule has 31 heavy (non-hydrogen) atoms. The van der Waals surface area contributed by atoms with Crippen molar-refractivity contribution < 1.29 is 19.0 Å². The van der Waals surface area contributed by atoms with Crippen molar-refractivity contribution >= 4 is 17.3 Å². The van der Waals surface area contributed by atoms with Crippen molar-refractivity contribution in [2.75, 3.05) is 49.7 Å². The van der Waals surface area contributed by atoms with E-state index in [1.165, 1.54) is 0 Å². The highest BCUT2D eigenvalue weighted by molar-refractivity contribution is 5.91. The zero-order chi connectivity index (χ0) is 21.9. The smallest absolute Gasteiger partial charge is 0.224 e. The number of carbonyl (C=O) groups is 1. The lowest BCUT2D eigenvalue weighted by Gasteiger charge is -2.28. The number of carbonyl (C=O) groups excluding carboxylic acids is 1. The number of hydrogen-bond acceptors (Lipinski definition) is 5. The summed E-state index contributed by atoms with van der Waals surface area (Å²) in [6.07, 6.45) is 3.16. The maximum Gasteiger partial charge on any atom is 0.224 e. The molecule has 0 unspecified atom stereocenters. The Bertz CT molecular complexity index is 817. The van der Waals surface area contributed by atoms with E-state index < -0.39 is 0 Å². The van der Waals surface area contributed by atoms with Crippen molar-refractivity contribution in [3.63, 3.8) is 0 Å². The summed E-state index contributed by atoms with van der Waals surface area (Å²) in [6, 6.07) is 13.9. The molecule has 1 aliphatic rings. The molecular weight excluding hydrogens is 392 g/mol. The van der Waals surface area contributed by atoms with E-state index in [4.69, 9.17) is 14.2 Å². The third-order valence-electron chi connectivity index (χ3n) is 5.23. The first-order valence-corrected chi connectivity index (χ1v) is 11.3. The predicted molar refractivity (Wildman–Crippen MR) is 124 cm³/mol. The van der Waals surface area contributed by atoms with Crippen LogP contribution in [0.2, 0.25) is 0 Å². The van der Waals surface area contributed by atoms with Gasteiger partial charge in [0.15, 0.2) is 11.5 Å². The number of rotatable bonds is 11. The van der Waals surface area contributed by atoms with Crippen molar-refractivity contribution in [1.29, 1.82) is 0 Å². The van der Waals surface area contributed by atoms with Crippen LogP contribution in [0.25, 0.3) is 0 Å². The summed E-state index contributed by atoms with van der Waals surface area (Å²) < 4.78 is 17.0. The van der Waals surface area contributed by atoms with Gasteiger partial charge < -0.3 is 24.4 Å². The number of amides is 1. The first kappa shape index (κ1) is 22.9. The molecule has 1 saturated heterocycles. The Morgan fingerprint density at radius 1 is 1.03 bits per heavy atom. The van der Waals surface area contributed by atoms with Crippen molar-refractivity contribution in [3.05, 3.63) is 48.0 Å². The summed E-state index contributed by atoms with van der Waals surface area (Å²) in [7, 11) is 0. The summed E-state index contributed by atoms with van der Waals surface area (Å²) >= 11 is 0. The number of hydrogen-bond donors (Lipinski definition) is 1. The summed E-state index contributed by atoms with van der Waals surface area (Å²) in [4.78, 5) is 14.7. The quantitative estimate of drug-likeness (QED) is 0.529. The molecule has 2 aromatic rings. The van der Waals surface area contributed by atoms with E-state index in [2.05, 4.69) is 17.1 Å². The van der Waals surface area contributed by atoms with Crippen molar-refractivity contribution in [2.24, 2.45) is 0 Å². The van der Waals surface area contributed by atoms with Crippen LogP contribution in [0.1, 0.15) is 38.7 Å². The number of aryl methyl sites for hydroxylation is 1. The van der Waals surface area contributed by atoms with E-state index in [9.17, 15) is 4.79 Å². The second-order valence-corrected chi connectivity index (χ2v) is 7.61. The molecule has 0 bridgehead atoms. The van der Waals surface area contributed by atoms with Crippen LogP contribution < -0.4 is 19.7 Å². The second-order valence-electron chi connectivity index (χ2n) is 7.61. The van der Waals surface area contributed by atoms with Crippen LogP contribution in [0.4, 0.5) is 11.4 Å². The Labute approximate surface area is 185 Å². The summed E-state index contributed by atoms with van der Waals surface area (Å²) in [5.41, 5.74) is 3.03. The van der Waals surface area contributed by atoms with Crippen molar-refractivity contribution in [2.45, 2.75) is 39.5 Å². The third kappa shape index (κ3) is 7.17. The molecule has 3 rings (SSSR count). The largest absolute Gasteiger partial charge is 0.490 e. The number of unbranched alkanes of at least 4 members (excludes halogenated alkanes) is 1. The Balaban J connectivity index is 1.51. The minimum Gasteiger partial charge on any atom is -0.490 e. The van der Waals surface area contributed by atoms with E-state index in [-0.39, 0.29) is 5.91 Å². The van der Waals surface area contributed by atoms with Gasteiger partial charge in [0.2, 0.25) is 5.91 Å². The third-order valence-corrected chi connectivity index (χ3v) is 5.23. The van der Waals surface area contributed by atoms with Crippen molar-refractivity contribution in [3.8, 4) is 11.5 Å². The Hall–Kier alpha value is -2.73. The van der Waals surface area contributed by atoms with Crippen molar-refractivity contribution in [1.82, 2.24) is 0 Å². The summed E-state index contributed by atoms with van der Waals surface area (Å²) in [6.45, 7) is 8.68. The number of nitrogens with zero attached hydrogens (tertiary/aromatic N) is 1. The van der Waals surface area contributed by atoms with Crippen LogP contribution in [-0.2, 0) is 16.0 Å². The fraction of sp³-hybridized carbons (Fsp3) is 0.480. The summed E-state index contributed by atoms with van der Waals surface area (Å²) in [5, 5.41) is 2.99. The minimum atomic E-state index is 0.000328. The molecule has 0 radical (unpaired) electrons. The fourth-order valence-corrected chi connectivity index (χ4v) is 3.48. The average molecular weight is 427 g/mol. The highest BCUT2D eigenvalue weighted by atomic mass is 16.5. The molecule has 1 fully saturated rings. The van der Waals surface area contributed by atoms with E-state index >= 15 is 0 Å². The molecule has 168 valence electrons. The van der Waals surface area contributed by atoms with Gasteiger partial charge in [0, 0.05) is 30.9 Å². The molecule has 1 heterocycles. The molecule has 1 aliphatic heterocycles. The van der Waals surface area contributed by atoms with Crippen LogP contribution in [0.15, 0.2) is 42.5 Å². The van der Waals surface area contributed by atoms with E-state index in [0.717, 1.165) is 67.6 Å². The van der Waals surface area contributed by atoms with Gasteiger partial charge in [-0.15, -0.1) is 0 Å². The first-order chi connectivity index (χ1) is 15.2. The SMILES string of the molecule is CCCCOc1ccc(CCC(=O)Nc2ccc(N3CCOCC3)cc2)cc1OCC. The summed E-state index contributed by atoms with van der Waals surface area (Å²) in [5.74, 6) is 1.51. The Morgan fingerprint density at radius 3 is 2.52 bits per heavy atom. The topological polar surface area (TPSA) is 60.0 Å². The molecule has 0 spiro atoms. The molecule has 2 aromatic carbocycles. The van der Waals surface area contributed by atoms with E-state index in [1.54, 1.807) is 0 Å². The van der Waals surface area contributed by atoms with Gasteiger partial charge >= 0.3 is 0 Å². The molecule has 1 N–H and O–H groups in total. The molecular formula is C25H34N2O4. The number of benzene rings is 2. The number of morpholine rings is 1. The number of anilines is 2. The van der Waals surface area contributed by atoms with Gasteiger partial charge in [-0.2, -0.15) is 0 Å². The Kier molecular flexibility index (Phi) is 9.03. The van der Waals surface area contributed by atoms with Gasteiger partial charge in [-0.1, -0.05) is 19.4 Å². The maximum atomic E-state index is 12.4. The fourth-order valence-electron chi connectivity index (χ4n) is 3.48. The lowest BCUT2D eigenvalue weighted by Crippen LogP contribution is -2.36. The second kappa shape index (κ2) is 12.2. The molecule has 0 atom stereocenters. The molecule has 6 nitrogen and oxygen atoms in total. The van der Waals surface area contributed by atoms with Crippen LogP contribution in [0.3, 0.4) is 0 Å². The lowest BCUT2D eigenvalue weighted by atomic mass is 10.1. The average Bonchev–Trinajstić information content (AvgIpc) is 2.80. The lowest BCUT2D eigenvalue weighted by molar-refractivity contribution is -0.116. The minimum absolute atomic E-state index is 0.000328. The molecule has 6 heteroatoms. The number of nitrogens with one attached hydrogen (secondary N) is 1. The van der Waals surface area contributed by atoms with Gasteiger partial charge in [0.1, 0.15) is 0 Å². The highest BCUT2D eigenvalue weighted by Gasteiger charge is 2.12. The van der Waals surface area contributed by atoms with Gasteiger partial charge in [-0.3, -0.25) is 4.79 Å². The molecule has 0 aromatic heterocycles.